The molecule has 0 aliphatic heterocycles. The van der Waals surface area contributed by atoms with Gasteiger partial charge in [0.25, 0.3) is 0 Å². The van der Waals surface area contributed by atoms with Gasteiger partial charge in [-0.3, -0.25) is 0 Å². The van der Waals surface area contributed by atoms with Crippen molar-refractivity contribution in [3.63, 3.8) is 0 Å². The van der Waals surface area contributed by atoms with Gasteiger partial charge in [0.1, 0.15) is 5.75 Å². The molecule has 82 valence electrons. The first-order valence-electron chi connectivity index (χ1n) is 4.95. The van der Waals surface area contributed by atoms with Gasteiger partial charge in [0.2, 0.25) is 0 Å². The Morgan fingerprint density at radius 1 is 1.06 bits per heavy atom. The number of aromatic hydroxyl groups is 1. The third-order valence-electron chi connectivity index (χ3n) is 2.53. The minimum absolute atomic E-state index is 0.0800. The van der Waals surface area contributed by atoms with Crippen LogP contribution in [0.15, 0.2) is 42.5 Å². The van der Waals surface area contributed by atoms with Crippen LogP contribution in [-0.4, -0.2) is 5.11 Å². The van der Waals surface area contributed by atoms with E-state index in [4.69, 9.17) is 17.3 Å². The van der Waals surface area contributed by atoms with Gasteiger partial charge < -0.3 is 10.8 Å². The molecule has 0 unspecified atom stereocenters. The maximum absolute atomic E-state index is 9.83. The van der Waals surface area contributed by atoms with Gasteiger partial charge in [0, 0.05) is 5.56 Å². The lowest BCUT2D eigenvalue weighted by atomic mass is 9.99. The molecule has 0 aromatic heterocycles. The predicted molar refractivity (Wildman–Crippen MR) is 67.5 cm³/mol. The van der Waals surface area contributed by atoms with E-state index in [1.807, 2.05) is 36.4 Å². The lowest BCUT2D eigenvalue weighted by Gasteiger charge is -2.11. The van der Waals surface area contributed by atoms with E-state index in [1.54, 1.807) is 6.07 Å². The second-order valence-electron chi connectivity index (χ2n) is 3.53. The molecule has 16 heavy (non-hydrogen) atoms. The number of hydrogen-bond donors (Lipinski definition) is 2. The van der Waals surface area contributed by atoms with E-state index in [9.17, 15) is 5.11 Å². The summed E-state index contributed by atoms with van der Waals surface area (Å²) in [5.41, 5.74) is 8.61. The third kappa shape index (κ3) is 1.84. The number of nitrogens with two attached hydrogens (primary N) is 1. The van der Waals surface area contributed by atoms with Crippen LogP contribution < -0.4 is 5.73 Å². The summed E-state index contributed by atoms with van der Waals surface area (Å²) in [5.74, 6) is 0.317. The van der Waals surface area contributed by atoms with E-state index >= 15 is 0 Å². The second kappa shape index (κ2) is 4.45. The molecule has 0 fully saturated rings. The van der Waals surface area contributed by atoms with Crippen LogP contribution in [0.1, 0.15) is 5.56 Å². The molecular formula is C13H12ClNO. The van der Waals surface area contributed by atoms with Crippen molar-refractivity contribution in [2.24, 2.45) is 0 Å². The van der Waals surface area contributed by atoms with Gasteiger partial charge in [-0.25, -0.2) is 0 Å². The monoisotopic (exact) mass is 233 g/mol. The molecule has 0 radical (unpaired) electrons. The highest BCUT2D eigenvalue weighted by molar-refractivity contribution is 6.17. The Labute approximate surface area is 99.3 Å². The minimum Gasteiger partial charge on any atom is -0.505 e. The Balaban J connectivity index is 2.62. The van der Waals surface area contributed by atoms with E-state index in [-0.39, 0.29) is 11.6 Å². The Morgan fingerprint density at radius 2 is 1.75 bits per heavy atom. The van der Waals surface area contributed by atoms with Crippen LogP contribution in [0.4, 0.5) is 5.69 Å². The van der Waals surface area contributed by atoms with Crippen molar-refractivity contribution in [1.29, 1.82) is 0 Å². The fourth-order valence-electron chi connectivity index (χ4n) is 1.68. The first-order valence-corrected chi connectivity index (χ1v) is 5.49. The lowest BCUT2D eigenvalue weighted by Crippen LogP contribution is -1.92. The fourth-order valence-corrected chi connectivity index (χ4v) is 1.95. The van der Waals surface area contributed by atoms with Gasteiger partial charge in [0.05, 0.1) is 11.6 Å². The summed E-state index contributed by atoms with van der Waals surface area (Å²) in [7, 11) is 0. The SMILES string of the molecule is Nc1ccc(-c2ccccc2)c(CCl)c1O. The number of halogens is 1. The highest BCUT2D eigenvalue weighted by Crippen LogP contribution is 2.35. The molecule has 2 aromatic rings. The smallest absolute Gasteiger partial charge is 0.143 e. The maximum atomic E-state index is 9.83. The topological polar surface area (TPSA) is 46.2 Å². The van der Waals surface area contributed by atoms with Crippen molar-refractivity contribution >= 4 is 17.3 Å². The van der Waals surface area contributed by atoms with E-state index in [0.717, 1.165) is 11.1 Å². The van der Waals surface area contributed by atoms with Crippen molar-refractivity contribution in [3.8, 4) is 16.9 Å². The molecule has 0 aliphatic rings. The Morgan fingerprint density at radius 3 is 2.38 bits per heavy atom. The van der Waals surface area contributed by atoms with E-state index in [2.05, 4.69) is 0 Å². The van der Waals surface area contributed by atoms with Gasteiger partial charge in [-0.15, -0.1) is 11.6 Å². The first kappa shape index (κ1) is 10.8. The summed E-state index contributed by atoms with van der Waals surface area (Å²) < 4.78 is 0. The summed E-state index contributed by atoms with van der Waals surface area (Å²) >= 11 is 5.84. The average molecular weight is 234 g/mol. The predicted octanol–water partition coefficient (Wildman–Crippen LogP) is 3.38. The Hall–Kier alpha value is -1.67. The Bertz CT molecular complexity index is 497. The third-order valence-corrected chi connectivity index (χ3v) is 2.80. The summed E-state index contributed by atoms with van der Waals surface area (Å²) in [6.07, 6.45) is 0. The Kier molecular flexibility index (Phi) is 3.02. The van der Waals surface area contributed by atoms with Crippen LogP contribution in [-0.2, 0) is 5.88 Å². The quantitative estimate of drug-likeness (QED) is 0.475. The molecule has 0 bridgehead atoms. The van der Waals surface area contributed by atoms with Crippen LogP contribution in [0.2, 0.25) is 0 Å². The zero-order chi connectivity index (χ0) is 11.5. The number of rotatable bonds is 2. The van der Waals surface area contributed by atoms with Crippen LogP contribution >= 0.6 is 11.6 Å². The normalized spacial score (nSPS) is 10.3. The molecule has 2 rings (SSSR count). The summed E-state index contributed by atoms with van der Waals surface area (Å²) in [6, 6.07) is 13.3. The fraction of sp³-hybridized carbons (Fsp3) is 0.0769. The number of alkyl halides is 1. The molecule has 2 nitrogen and oxygen atoms in total. The average Bonchev–Trinajstić information content (AvgIpc) is 2.33. The zero-order valence-corrected chi connectivity index (χ0v) is 9.41. The number of benzene rings is 2. The van der Waals surface area contributed by atoms with Crippen LogP contribution in [0.25, 0.3) is 11.1 Å². The van der Waals surface area contributed by atoms with E-state index in [0.29, 0.717) is 11.3 Å². The van der Waals surface area contributed by atoms with Crippen molar-refractivity contribution in [2.45, 2.75) is 5.88 Å². The summed E-state index contributed by atoms with van der Waals surface area (Å²) in [6.45, 7) is 0. The zero-order valence-electron chi connectivity index (χ0n) is 8.65. The maximum Gasteiger partial charge on any atom is 0.143 e. The molecule has 0 saturated heterocycles. The molecule has 0 amide bonds. The van der Waals surface area contributed by atoms with Crippen LogP contribution in [0, 0.1) is 0 Å². The first-order chi connectivity index (χ1) is 7.74. The molecule has 3 heteroatoms. The molecule has 0 heterocycles. The molecule has 0 atom stereocenters. The van der Waals surface area contributed by atoms with E-state index in [1.165, 1.54) is 0 Å². The number of nitrogen functional groups attached to an aromatic ring is 1. The van der Waals surface area contributed by atoms with Crippen molar-refractivity contribution in [2.75, 3.05) is 5.73 Å². The molecule has 3 N–H and O–H groups in total. The molecular weight excluding hydrogens is 222 g/mol. The molecule has 2 aromatic carbocycles. The number of phenolic OH excluding ortho intramolecular Hbond substituents is 1. The van der Waals surface area contributed by atoms with Crippen molar-refractivity contribution in [3.05, 3.63) is 48.0 Å². The number of anilines is 1. The molecule has 0 saturated carbocycles. The van der Waals surface area contributed by atoms with Gasteiger partial charge in [-0.05, 0) is 17.2 Å². The summed E-state index contributed by atoms with van der Waals surface area (Å²) in [5, 5.41) is 9.83. The lowest BCUT2D eigenvalue weighted by molar-refractivity contribution is 0.473. The molecule has 0 aliphatic carbocycles. The number of phenols is 1. The highest BCUT2D eigenvalue weighted by atomic mass is 35.5. The molecule has 0 spiro atoms. The van der Waals surface area contributed by atoms with Gasteiger partial charge in [-0.2, -0.15) is 0 Å². The van der Waals surface area contributed by atoms with Gasteiger partial charge in [0.15, 0.2) is 0 Å². The van der Waals surface area contributed by atoms with E-state index < -0.39 is 0 Å². The van der Waals surface area contributed by atoms with Gasteiger partial charge in [-0.1, -0.05) is 36.4 Å². The largest absolute Gasteiger partial charge is 0.505 e. The second-order valence-corrected chi connectivity index (χ2v) is 3.80. The minimum atomic E-state index is 0.0800. The number of hydrogen-bond acceptors (Lipinski definition) is 2. The van der Waals surface area contributed by atoms with Crippen LogP contribution in [0.5, 0.6) is 5.75 Å². The van der Waals surface area contributed by atoms with Crippen molar-refractivity contribution in [1.82, 2.24) is 0 Å². The van der Waals surface area contributed by atoms with Crippen LogP contribution in [0.3, 0.4) is 0 Å². The standard InChI is InChI=1S/C13H12ClNO/c14-8-11-10(6-7-12(15)13(11)16)9-4-2-1-3-5-9/h1-7,16H,8,15H2. The van der Waals surface area contributed by atoms with Gasteiger partial charge >= 0.3 is 0 Å². The van der Waals surface area contributed by atoms with Crippen molar-refractivity contribution < 1.29 is 5.11 Å². The highest BCUT2D eigenvalue weighted by Gasteiger charge is 2.11. The summed E-state index contributed by atoms with van der Waals surface area (Å²) in [4.78, 5) is 0.